The van der Waals surface area contributed by atoms with Crippen LogP contribution in [0.25, 0.3) is 0 Å². The summed E-state index contributed by atoms with van der Waals surface area (Å²) in [7, 11) is 0. The van der Waals surface area contributed by atoms with Crippen molar-refractivity contribution in [1.82, 2.24) is 0 Å². The van der Waals surface area contributed by atoms with Crippen LogP contribution < -0.4 is 0 Å². The van der Waals surface area contributed by atoms with Gasteiger partial charge in [0.05, 0.1) is 0 Å². The minimum Gasteiger partial charge on any atom is -0.481 e. The maximum Gasteiger partial charge on any atom is 0.303 e. The molecule has 0 heterocycles. The molecule has 0 amide bonds. The molecule has 2 heteroatoms. The maximum atomic E-state index is 10.4. The fourth-order valence-corrected chi connectivity index (χ4v) is 2.39. The molecule has 0 aromatic heterocycles. The number of aliphatic carboxylic acids is 1. The van der Waals surface area contributed by atoms with Crippen LogP contribution in [0.2, 0.25) is 0 Å². The molecule has 0 aromatic carbocycles. The Labute approximate surface area is 184 Å². The molecule has 0 spiro atoms. The van der Waals surface area contributed by atoms with Gasteiger partial charge in [-0.25, -0.2) is 0 Å². The minimum atomic E-state index is -0.743. The Balaban J connectivity index is 3.56. The molecule has 164 valence electrons. The summed E-state index contributed by atoms with van der Waals surface area (Å²) < 4.78 is 0. The van der Waals surface area contributed by atoms with Crippen molar-refractivity contribution in [3.05, 3.63) is 97.2 Å². The lowest BCUT2D eigenvalue weighted by molar-refractivity contribution is -0.136. The fraction of sp³-hybridized carbons (Fsp3) is 0.393. The molecule has 0 atom stereocenters. The molecule has 2 nitrogen and oxygen atoms in total. The van der Waals surface area contributed by atoms with Crippen molar-refractivity contribution in [2.45, 2.75) is 71.1 Å². The zero-order chi connectivity index (χ0) is 22.0. The third-order valence-electron chi connectivity index (χ3n) is 4.00. The lowest BCUT2D eigenvalue weighted by Crippen LogP contribution is -1.91. The van der Waals surface area contributed by atoms with Crippen molar-refractivity contribution in [2.75, 3.05) is 0 Å². The van der Waals surface area contributed by atoms with Crippen molar-refractivity contribution in [1.29, 1.82) is 0 Å². The Morgan fingerprint density at radius 1 is 0.500 bits per heavy atom. The highest BCUT2D eigenvalue weighted by atomic mass is 16.4. The third-order valence-corrected chi connectivity index (χ3v) is 4.00. The van der Waals surface area contributed by atoms with E-state index in [9.17, 15) is 4.79 Å². The Morgan fingerprint density at radius 2 is 0.767 bits per heavy atom. The van der Waals surface area contributed by atoms with Gasteiger partial charge in [-0.2, -0.15) is 0 Å². The smallest absolute Gasteiger partial charge is 0.303 e. The predicted octanol–water partition coefficient (Wildman–Crippen LogP) is 8.44. The predicted molar refractivity (Wildman–Crippen MR) is 133 cm³/mol. The first-order valence-electron chi connectivity index (χ1n) is 11.2. The summed E-state index contributed by atoms with van der Waals surface area (Å²) in [4.78, 5) is 10.4. The highest BCUT2D eigenvalue weighted by molar-refractivity contribution is 5.66. The number of carboxylic acid groups (broad SMARTS) is 1. The summed E-state index contributed by atoms with van der Waals surface area (Å²) in [6.45, 7) is 2.15. The van der Waals surface area contributed by atoms with Gasteiger partial charge in [0.1, 0.15) is 0 Å². The quantitative estimate of drug-likeness (QED) is 0.231. The molecule has 0 aliphatic rings. The lowest BCUT2D eigenvalue weighted by Gasteiger charge is -1.87. The second-order valence-corrected chi connectivity index (χ2v) is 6.76. The van der Waals surface area contributed by atoms with Gasteiger partial charge in [0, 0.05) is 6.42 Å². The van der Waals surface area contributed by atoms with Crippen LogP contribution >= 0.6 is 0 Å². The fourth-order valence-electron chi connectivity index (χ4n) is 2.39. The highest BCUT2D eigenvalue weighted by Gasteiger charge is 1.90. The van der Waals surface area contributed by atoms with Crippen LogP contribution in [0.3, 0.4) is 0 Å². The average molecular weight is 409 g/mol. The van der Waals surface area contributed by atoms with Crippen LogP contribution in [0.15, 0.2) is 97.2 Å². The Bertz CT molecular complexity index is 625. The molecule has 0 saturated heterocycles. The Hall–Kier alpha value is -2.61. The number of rotatable bonds is 18. The summed E-state index contributed by atoms with van der Waals surface area (Å²) >= 11 is 0. The second kappa shape index (κ2) is 24.4. The molecule has 0 fully saturated rings. The first-order chi connectivity index (χ1) is 14.8. The van der Waals surface area contributed by atoms with Crippen molar-refractivity contribution >= 4 is 5.97 Å². The van der Waals surface area contributed by atoms with Gasteiger partial charge >= 0.3 is 5.97 Å². The van der Waals surface area contributed by atoms with E-state index in [-0.39, 0.29) is 6.42 Å². The molecule has 1 N–H and O–H groups in total. The van der Waals surface area contributed by atoms with Gasteiger partial charge in [-0.05, 0) is 57.8 Å². The number of carboxylic acids is 1. The molecule has 0 unspecified atom stereocenters. The van der Waals surface area contributed by atoms with Crippen molar-refractivity contribution in [3.63, 3.8) is 0 Å². The van der Waals surface area contributed by atoms with E-state index in [1.54, 1.807) is 0 Å². The SMILES string of the molecule is CC/C=C/C/C=C/C/C=C/C/C=C/C/C=C/C/C=C/C/C=C/C/C=C/CCC(=O)O. The van der Waals surface area contributed by atoms with Gasteiger partial charge in [0.25, 0.3) is 0 Å². The molecular formula is C28H40O2. The van der Waals surface area contributed by atoms with Gasteiger partial charge in [-0.15, -0.1) is 0 Å². The summed E-state index contributed by atoms with van der Waals surface area (Å²) in [5, 5.41) is 8.53. The van der Waals surface area contributed by atoms with Gasteiger partial charge < -0.3 is 5.11 Å². The van der Waals surface area contributed by atoms with E-state index in [1.807, 2.05) is 12.2 Å². The Morgan fingerprint density at radius 3 is 1.03 bits per heavy atom. The normalized spacial score (nSPS) is 13.4. The van der Waals surface area contributed by atoms with E-state index in [2.05, 4.69) is 92.0 Å². The van der Waals surface area contributed by atoms with E-state index < -0.39 is 5.97 Å². The lowest BCUT2D eigenvalue weighted by atomic mass is 10.2. The molecule has 0 rings (SSSR count). The van der Waals surface area contributed by atoms with Crippen molar-refractivity contribution < 1.29 is 9.90 Å². The molecule has 0 saturated carbocycles. The van der Waals surface area contributed by atoms with Crippen LogP contribution in [0.1, 0.15) is 71.1 Å². The van der Waals surface area contributed by atoms with E-state index in [1.165, 1.54) is 0 Å². The van der Waals surface area contributed by atoms with Crippen molar-refractivity contribution in [2.24, 2.45) is 0 Å². The molecule has 0 bridgehead atoms. The van der Waals surface area contributed by atoms with Gasteiger partial charge in [-0.1, -0.05) is 104 Å². The van der Waals surface area contributed by atoms with Gasteiger partial charge in [0.15, 0.2) is 0 Å². The molecule has 0 radical (unpaired) electrons. The minimum absolute atomic E-state index is 0.207. The largest absolute Gasteiger partial charge is 0.481 e. The second-order valence-electron chi connectivity index (χ2n) is 6.76. The number of carbonyl (C=O) groups is 1. The van der Waals surface area contributed by atoms with Gasteiger partial charge in [0.2, 0.25) is 0 Å². The van der Waals surface area contributed by atoms with Crippen LogP contribution in [-0.4, -0.2) is 11.1 Å². The zero-order valence-electron chi connectivity index (χ0n) is 18.7. The molecular weight excluding hydrogens is 368 g/mol. The zero-order valence-corrected chi connectivity index (χ0v) is 18.7. The first-order valence-corrected chi connectivity index (χ1v) is 11.2. The number of hydrogen-bond acceptors (Lipinski definition) is 1. The molecule has 0 aliphatic heterocycles. The first kappa shape index (κ1) is 27.4. The summed E-state index contributed by atoms with van der Waals surface area (Å²) in [5.41, 5.74) is 0. The number of allylic oxidation sites excluding steroid dienone is 16. The van der Waals surface area contributed by atoms with E-state index in [4.69, 9.17) is 5.11 Å². The molecule has 0 aliphatic carbocycles. The van der Waals surface area contributed by atoms with Crippen LogP contribution in [0.4, 0.5) is 0 Å². The van der Waals surface area contributed by atoms with E-state index in [0.29, 0.717) is 6.42 Å². The summed E-state index contributed by atoms with van der Waals surface area (Å²) in [6.07, 6.45) is 43.4. The Kier molecular flexibility index (Phi) is 22.3. The monoisotopic (exact) mass is 408 g/mol. The van der Waals surface area contributed by atoms with Crippen LogP contribution in [0, 0.1) is 0 Å². The topological polar surface area (TPSA) is 37.3 Å². The number of hydrogen-bond donors (Lipinski definition) is 1. The van der Waals surface area contributed by atoms with E-state index >= 15 is 0 Å². The third kappa shape index (κ3) is 25.4. The van der Waals surface area contributed by atoms with Crippen molar-refractivity contribution in [3.8, 4) is 0 Å². The van der Waals surface area contributed by atoms with Crippen LogP contribution in [-0.2, 0) is 4.79 Å². The van der Waals surface area contributed by atoms with Crippen LogP contribution in [0.5, 0.6) is 0 Å². The van der Waals surface area contributed by atoms with E-state index in [0.717, 1.165) is 51.4 Å². The van der Waals surface area contributed by atoms with Gasteiger partial charge in [-0.3, -0.25) is 4.79 Å². The summed E-state index contributed by atoms with van der Waals surface area (Å²) in [6, 6.07) is 0. The maximum absolute atomic E-state index is 10.4. The highest BCUT2D eigenvalue weighted by Crippen LogP contribution is 1.98. The molecule has 0 aromatic rings. The standard InChI is InChI=1S/C28H40O2/c1-2-3-4-5-6-7-8-9-10-11-12-13-14-15-16-17-18-19-20-21-22-23-24-25-26-27-28(29)30/h3-4,6-7,9-10,12-13,15-16,18-19,21-22,24-25H,2,5,8,11,14,17,20,23,26-27H2,1H3,(H,29,30)/b4-3+,7-6+,10-9+,13-12+,16-15+,19-18+,22-21+,25-24+. The average Bonchev–Trinajstić information content (AvgIpc) is 2.73. The summed E-state index contributed by atoms with van der Waals surface area (Å²) in [5.74, 6) is -0.743. The molecule has 30 heavy (non-hydrogen) atoms.